The number of aromatic amines is 1. The standard InChI is InChI=1S/C18H16ClF2N3O3S/c1-3-6-28(26,27)24-13-5-4-12(20)15(16(13)21)17(25)10-7-22-18-14(10)9(2)11(19)8-23-18/h4-5,7-8,24H,3,6H2,1-2H3,(H,22,23). The number of aryl methyl sites for hydroxylation is 1. The van der Waals surface area contributed by atoms with Crippen LogP contribution in [-0.4, -0.2) is 29.9 Å². The molecule has 10 heteroatoms. The number of hydrogen-bond donors (Lipinski definition) is 2. The van der Waals surface area contributed by atoms with Crippen LogP contribution < -0.4 is 4.72 Å². The minimum absolute atomic E-state index is 0.0196. The van der Waals surface area contributed by atoms with E-state index in [2.05, 4.69) is 9.97 Å². The van der Waals surface area contributed by atoms with Gasteiger partial charge in [-0.25, -0.2) is 22.2 Å². The van der Waals surface area contributed by atoms with Crippen LogP contribution in [0.1, 0.15) is 34.8 Å². The SMILES string of the molecule is CCCS(=O)(=O)Nc1ccc(F)c(C(=O)c2c[nH]c3ncc(Cl)c(C)c23)c1F. The van der Waals surface area contributed by atoms with Crippen LogP contribution in [0.5, 0.6) is 0 Å². The van der Waals surface area contributed by atoms with Gasteiger partial charge in [0.25, 0.3) is 0 Å². The number of nitrogens with one attached hydrogen (secondary N) is 2. The molecule has 0 radical (unpaired) electrons. The van der Waals surface area contributed by atoms with Gasteiger partial charge < -0.3 is 4.98 Å². The Bertz CT molecular complexity index is 1190. The molecule has 0 unspecified atom stereocenters. The van der Waals surface area contributed by atoms with Crippen molar-refractivity contribution in [1.82, 2.24) is 9.97 Å². The lowest BCUT2D eigenvalue weighted by molar-refractivity contribution is 0.103. The maximum atomic E-state index is 14.9. The van der Waals surface area contributed by atoms with Crippen LogP contribution in [0.15, 0.2) is 24.5 Å². The third-order valence-corrected chi connectivity index (χ3v) is 6.06. The van der Waals surface area contributed by atoms with Crippen LogP contribution in [0.2, 0.25) is 5.02 Å². The molecule has 0 spiro atoms. The van der Waals surface area contributed by atoms with E-state index in [9.17, 15) is 22.0 Å². The van der Waals surface area contributed by atoms with E-state index in [1.165, 1.54) is 12.4 Å². The van der Waals surface area contributed by atoms with Crippen molar-refractivity contribution in [2.24, 2.45) is 0 Å². The molecule has 0 atom stereocenters. The van der Waals surface area contributed by atoms with E-state index in [4.69, 9.17) is 11.6 Å². The molecular weight excluding hydrogens is 412 g/mol. The summed E-state index contributed by atoms with van der Waals surface area (Å²) in [5.41, 5.74) is -0.514. The molecule has 1 aromatic carbocycles. The zero-order chi connectivity index (χ0) is 20.6. The normalized spacial score (nSPS) is 11.8. The van der Waals surface area contributed by atoms with E-state index < -0.39 is 38.7 Å². The zero-order valence-electron chi connectivity index (χ0n) is 14.9. The molecule has 2 N–H and O–H groups in total. The van der Waals surface area contributed by atoms with Crippen LogP contribution in [0.3, 0.4) is 0 Å². The highest BCUT2D eigenvalue weighted by atomic mass is 35.5. The molecule has 0 aliphatic rings. The molecule has 2 heterocycles. The minimum atomic E-state index is -3.82. The number of anilines is 1. The number of aromatic nitrogens is 2. The van der Waals surface area contributed by atoms with Gasteiger partial charge in [-0.15, -0.1) is 0 Å². The minimum Gasteiger partial charge on any atom is -0.345 e. The first-order valence-corrected chi connectivity index (χ1v) is 10.3. The Morgan fingerprint density at radius 3 is 2.71 bits per heavy atom. The number of sulfonamides is 1. The lowest BCUT2D eigenvalue weighted by atomic mass is 10.00. The van der Waals surface area contributed by atoms with Gasteiger partial charge in [0.2, 0.25) is 15.8 Å². The van der Waals surface area contributed by atoms with Crippen LogP contribution >= 0.6 is 11.6 Å². The molecule has 0 aliphatic heterocycles. The van der Waals surface area contributed by atoms with Crippen LogP contribution in [0, 0.1) is 18.6 Å². The van der Waals surface area contributed by atoms with E-state index in [0.717, 1.165) is 12.1 Å². The summed E-state index contributed by atoms with van der Waals surface area (Å²) in [7, 11) is -3.82. The molecule has 0 bridgehead atoms. The highest BCUT2D eigenvalue weighted by Crippen LogP contribution is 2.30. The molecule has 0 saturated carbocycles. The Hall–Kier alpha value is -2.52. The fourth-order valence-electron chi connectivity index (χ4n) is 2.87. The molecule has 6 nitrogen and oxygen atoms in total. The maximum Gasteiger partial charge on any atom is 0.232 e. The predicted molar refractivity (Wildman–Crippen MR) is 103 cm³/mol. The first-order valence-electron chi connectivity index (χ1n) is 8.31. The number of fused-ring (bicyclic) bond motifs is 1. The van der Waals surface area contributed by atoms with E-state index in [-0.39, 0.29) is 11.3 Å². The number of rotatable bonds is 6. The summed E-state index contributed by atoms with van der Waals surface area (Å²) < 4.78 is 55.1. The maximum absolute atomic E-state index is 14.9. The van der Waals surface area contributed by atoms with Gasteiger partial charge >= 0.3 is 0 Å². The lowest BCUT2D eigenvalue weighted by Gasteiger charge is -2.11. The number of carbonyl (C=O) groups excluding carboxylic acids is 1. The molecule has 148 valence electrons. The first-order chi connectivity index (χ1) is 13.2. The smallest absolute Gasteiger partial charge is 0.232 e. The number of H-pyrrole nitrogens is 1. The Morgan fingerprint density at radius 1 is 1.32 bits per heavy atom. The highest BCUT2D eigenvalue weighted by Gasteiger charge is 2.26. The quantitative estimate of drug-likeness (QED) is 0.577. The van der Waals surface area contributed by atoms with E-state index in [1.807, 2.05) is 4.72 Å². The van der Waals surface area contributed by atoms with Crippen LogP contribution in [0.4, 0.5) is 14.5 Å². The summed E-state index contributed by atoms with van der Waals surface area (Å²) >= 11 is 6.04. The summed E-state index contributed by atoms with van der Waals surface area (Å²) in [5.74, 6) is -3.58. The second-order valence-corrected chi connectivity index (χ2v) is 8.44. The van der Waals surface area contributed by atoms with Gasteiger partial charge in [-0.2, -0.15) is 0 Å². The summed E-state index contributed by atoms with van der Waals surface area (Å²) in [6, 6.07) is 1.78. The molecule has 2 aromatic heterocycles. The largest absolute Gasteiger partial charge is 0.345 e. The Labute approximate surface area is 165 Å². The fourth-order valence-corrected chi connectivity index (χ4v) is 4.15. The summed E-state index contributed by atoms with van der Waals surface area (Å²) in [5, 5.41) is 0.636. The Balaban J connectivity index is 2.13. The number of halogens is 3. The van der Waals surface area contributed by atoms with Gasteiger partial charge in [-0.1, -0.05) is 18.5 Å². The van der Waals surface area contributed by atoms with Crippen molar-refractivity contribution >= 4 is 44.1 Å². The van der Waals surface area contributed by atoms with Crippen molar-refractivity contribution in [2.45, 2.75) is 20.3 Å². The number of nitrogens with zero attached hydrogens (tertiary/aromatic N) is 1. The van der Waals surface area contributed by atoms with Crippen LogP contribution in [-0.2, 0) is 10.0 Å². The van der Waals surface area contributed by atoms with Crippen molar-refractivity contribution in [3.63, 3.8) is 0 Å². The van der Waals surface area contributed by atoms with Gasteiger partial charge in [0.05, 0.1) is 27.6 Å². The van der Waals surface area contributed by atoms with Gasteiger partial charge in [-0.3, -0.25) is 9.52 Å². The van der Waals surface area contributed by atoms with Crippen molar-refractivity contribution in [3.05, 3.63) is 57.9 Å². The lowest BCUT2D eigenvalue weighted by Crippen LogP contribution is -2.18. The second kappa shape index (κ2) is 7.48. The molecular formula is C18H16ClF2N3O3S. The molecule has 0 saturated heterocycles. The number of hydrogen-bond acceptors (Lipinski definition) is 4. The van der Waals surface area contributed by atoms with Gasteiger partial charge in [0.1, 0.15) is 11.5 Å². The fraction of sp³-hybridized carbons (Fsp3) is 0.222. The molecule has 0 amide bonds. The average molecular weight is 428 g/mol. The number of pyridine rings is 1. The molecule has 0 fully saturated rings. The summed E-state index contributed by atoms with van der Waals surface area (Å²) in [6.45, 7) is 3.30. The number of benzene rings is 1. The number of ketones is 1. The van der Waals surface area contributed by atoms with E-state index in [0.29, 0.717) is 28.0 Å². The zero-order valence-corrected chi connectivity index (χ0v) is 16.5. The van der Waals surface area contributed by atoms with Crippen molar-refractivity contribution in [1.29, 1.82) is 0 Å². The highest BCUT2D eigenvalue weighted by molar-refractivity contribution is 7.92. The average Bonchev–Trinajstić information content (AvgIpc) is 3.05. The van der Waals surface area contributed by atoms with E-state index >= 15 is 0 Å². The van der Waals surface area contributed by atoms with Gasteiger partial charge in [-0.05, 0) is 31.0 Å². The van der Waals surface area contributed by atoms with Crippen LogP contribution in [0.25, 0.3) is 11.0 Å². The van der Waals surface area contributed by atoms with Crippen molar-refractivity contribution in [2.75, 3.05) is 10.5 Å². The summed E-state index contributed by atoms with van der Waals surface area (Å²) in [4.78, 5) is 19.7. The third-order valence-electron chi connectivity index (χ3n) is 4.20. The monoisotopic (exact) mass is 427 g/mol. The third kappa shape index (κ3) is 3.59. The molecule has 28 heavy (non-hydrogen) atoms. The molecule has 0 aliphatic carbocycles. The van der Waals surface area contributed by atoms with Gasteiger partial charge in [0, 0.05) is 17.8 Å². The van der Waals surface area contributed by atoms with Crippen molar-refractivity contribution < 1.29 is 22.0 Å². The molecule has 3 aromatic rings. The topological polar surface area (TPSA) is 91.9 Å². The second-order valence-electron chi connectivity index (χ2n) is 6.19. The van der Waals surface area contributed by atoms with Gasteiger partial charge in [0.15, 0.2) is 5.82 Å². The summed E-state index contributed by atoms with van der Waals surface area (Å²) in [6.07, 6.45) is 3.00. The molecule has 3 rings (SSSR count). The number of carbonyl (C=O) groups is 1. The Morgan fingerprint density at radius 2 is 2.04 bits per heavy atom. The van der Waals surface area contributed by atoms with Crippen molar-refractivity contribution in [3.8, 4) is 0 Å². The van der Waals surface area contributed by atoms with E-state index in [1.54, 1.807) is 13.8 Å². The first kappa shape index (κ1) is 20.2. The predicted octanol–water partition coefficient (Wildman–Crippen LogP) is 4.19. The Kier molecular flexibility index (Phi) is 5.40.